The van der Waals surface area contributed by atoms with E-state index in [0.717, 1.165) is 61.1 Å². The van der Waals surface area contributed by atoms with Gasteiger partial charge in [-0.25, -0.2) is 9.97 Å². The Morgan fingerprint density at radius 3 is 1.52 bits per heavy atom. The lowest BCUT2D eigenvalue weighted by Gasteiger charge is -2.35. The van der Waals surface area contributed by atoms with Crippen LogP contribution in [0, 0.1) is 0 Å². The first kappa shape index (κ1) is 34.7. The molecule has 11 aromatic rings. The third-order valence-electron chi connectivity index (χ3n) is 13.2. The van der Waals surface area contributed by atoms with Crippen LogP contribution in [0.25, 0.3) is 100 Å². The van der Waals surface area contributed by atoms with Crippen molar-refractivity contribution in [3.63, 3.8) is 0 Å². The Balaban J connectivity index is 1.11. The first-order chi connectivity index (χ1) is 30.8. The summed E-state index contributed by atoms with van der Waals surface area (Å²) in [6.45, 7) is 0. The number of aromatic nitrogens is 2. The highest BCUT2D eigenvalue weighted by Gasteiger charge is 2.49. The second-order valence-electron chi connectivity index (χ2n) is 16.3. The zero-order chi connectivity index (χ0) is 40.8. The molecular weight excluding hydrogens is 753 g/mol. The van der Waals surface area contributed by atoms with E-state index in [0.29, 0.717) is 5.82 Å². The highest BCUT2D eigenvalue weighted by atomic mass is 16.3. The van der Waals surface area contributed by atoms with Crippen LogP contribution in [0.2, 0.25) is 0 Å². The molecular formula is C59H36N2O. The van der Waals surface area contributed by atoms with Crippen molar-refractivity contribution in [3.8, 4) is 78.4 Å². The molecule has 0 bridgehead atoms. The molecule has 2 aliphatic carbocycles. The average molecular weight is 789 g/mol. The number of hydrogen-bond donors (Lipinski definition) is 0. The van der Waals surface area contributed by atoms with Crippen molar-refractivity contribution >= 4 is 21.9 Å². The second-order valence-corrected chi connectivity index (χ2v) is 16.3. The SMILES string of the molecule is c1ccc(-c2ccccc2-c2nc(-c3ccc4c(c3)-c3ccccc3-c3ccccc3C43c4ccccc4-c4ccccc43)cc(-c3cccc4oc5ccccc5c34)n2)cc1. The molecule has 3 heteroatoms. The van der Waals surface area contributed by atoms with Gasteiger partial charge in [0.2, 0.25) is 0 Å². The second kappa shape index (κ2) is 13.4. The number of furan rings is 1. The Morgan fingerprint density at radius 2 is 0.806 bits per heavy atom. The number of benzene rings is 9. The van der Waals surface area contributed by atoms with E-state index in [4.69, 9.17) is 14.4 Å². The van der Waals surface area contributed by atoms with Gasteiger partial charge in [-0.15, -0.1) is 0 Å². The van der Waals surface area contributed by atoms with Crippen LogP contribution in [-0.2, 0) is 5.41 Å². The van der Waals surface area contributed by atoms with Crippen LogP contribution < -0.4 is 0 Å². The number of para-hydroxylation sites is 1. The van der Waals surface area contributed by atoms with E-state index in [9.17, 15) is 0 Å². The van der Waals surface area contributed by atoms with Crippen LogP contribution in [0.5, 0.6) is 0 Å². The van der Waals surface area contributed by atoms with E-state index >= 15 is 0 Å². The lowest BCUT2D eigenvalue weighted by Crippen LogP contribution is -2.29. The smallest absolute Gasteiger partial charge is 0.161 e. The summed E-state index contributed by atoms with van der Waals surface area (Å²) in [4.78, 5) is 11.0. The molecule has 2 heterocycles. The normalized spacial score (nSPS) is 13.0. The maximum Gasteiger partial charge on any atom is 0.161 e. The number of nitrogens with zero attached hydrogens (tertiary/aromatic N) is 2. The molecule has 0 saturated carbocycles. The van der Waals surface area contributed by atoms with Gasteiger partial charge in [0.25, 0.3) is 0 Å². The van der Waals surface area contributed by atoms with Crippen LogP contribution in [0.15, 0.2) is 223 Å². The van der Waals surface area contributed by atoms with Crippen molar-refractivity contribution < 1.29 is 4.42 Å². The summed E-state index contributed by atoms with van der Waals surface area (Å²) in [5, 5.41) is 2.11. The molecule has 0 fully saturated rings. The van der Waals surface area contributed by atoms with Crippen molar-refractivity contribution in [2.45, 2.75) is 5.41 Å². The van der Waals surface area contributed by atoms with Gasteiger partial charge in [0.1, 0.15) is 11.2 Å². The number of rotatable bonds is 4. The minimum absolute atomic E-state index is 0.550. The molecule has 0 atom stereocenters. The van der Waals surface area contributed by atoms with E-state index < -0.39 is 5.41 Å². The first-order valence-corrected chi connectivity index (χ1v) is 21.2. The van der Waals surface area contributed by atoms with Gasteiger partial charge in [0.05, 0.1) is 16.8 Å². The molecule has 0 radical (unpaired) electrons. The van der Waals surface area contributed by atoms with Crippen LogP contribution in [0.1, 0.15) is 22.3 Å². The average Bonchev–Trinajstić information content (AvgIpc) is 3.85. The molecule has 2 aromatic heterocycles. The van der Waals surface area contributed by atoms with Crippen molar-refractivity contribution in [3.05, 3.63) is 241 Å². The third-order valence-corrected chi connectivity index (χ3v) is 13.2. The molecule has 2 aliphatic rings. The Morgan fingerprint density at radius 1 is 0.306 bits per heavy atom. The summed E-state index contributed by atoms with van der Waals surface area (Å²) < 4.78 is 6.41. The molecule has 0 amide bonds. The predicted molar refractivity (Wildman–Crippen MR) is 253 cm³/mol. The minimum atomic E-state index is -0.550. The predicted octanol–water partition coefficient (Wildman–Crippen LogP) is 15.1. The maximum absolute atomic E-state index is 6.41. The molecule has 62 heavy (non-hydrogen) atoms. The summed E-state index contributed by atoms with van der Waals surface area (Å²) in [6, 6.07) is 78.7. The lowest BCUT2D eigenvalue weighted by atomic mass is 9.66. The summed E-state index contributed by atoms with van der Waals surface area (Å²) in [5.41, 5.74) is 20.6. The molecule has 9 aromatic carbocycles. The lowest BCUT2D eigenvalue weighted by molar-refractivity contribution is 0.669. The molecule has 288 valence electrons. The minimum Gasteiger partial charge on any atom is -0.456 e. The summed E-state index contributed by atoms with van der Waals surface area (Å²) >= 11 is 0. The van der Waals surface area contributed by atoms with Crippen molar-refractivity contribution in [1.82, 2.24) is 9.97 Å². The Kier molecular flexibility index (Phi) is 7.52. The van der Waals surface area contributed by atoms with E-state index in [-0.39, 0.29) is 0 Å². The summed E-state index contributed by atoms with van der Waals surface area (Å²) in [7, 11) is 0. The number of hydrogen-bond acceptors (Lipinski definition) is 3. The first-order valence-electron chi connectivity index (χ1n) is 21.2. The van der Waals surface area contributed by atoms with Crippen LogP contribution in [0.3, 0.4) is 0 Å². The van der Waals surface area contributed by atoms with Gasteiger partial charge >= 0.3 is 0 Å². The zero-order valence-electron chi connectivity index (χ0n) is 33.6. The van der Waals surface area contributed by atoms with Gasteiger partial charge in [-0.1, -0.05) is 194 Å². The van der Waals surface area contributed by atoms with Gasteiger partial charge < -0.3 is 4.42 Å². The van der Waals surface area contributed by atoms with Gasteiger partial charge in [0, 0.05) is 27.5 Å². The van der Waals surface area contributed by atoms with E-state index in [1.807, 2.05) is 18.2 Å². The van der Waals surface area contributed by atoms with Crippen LogP contribution in [-0.4, -0.2) is 9.97 Å². The molecule has 3 nitrogen and oxygen atoms in total. The quantitative estimate of drug-likeness (QED) is 0.178. The molecule has 13 rings (SSSR count). The maximum atomic E-state index is 6.41. The Labute approximate surface area is 359 Å². The third kappa shape index (κ3) is 4.94. The van der Waals surface area contributed by atoms with Gasteiger partial charge in [0.15, 0.2) is 5.82 Å². The Hall–Kier alpha value is -8.14. The fourth-order valence-corrected chi connectivity index (χ4v) is 10.6. The van der Waals surface area contributed by atoms with Crippen LogP contribution in [0.4, 0.5) is 0 Å². The Bertz CT molecular complexity index is 3550. The standard InChI is InChI=1S/C59H36N2O/c1-2-17-37(18-3-1)39-19-4-7-25-45(39)58-60-53(36-54(61-58)46-27-16-32-56-57(46)47-26-11-15-31-55(47)62-56)38-33-34-52-48(35-38)41-21-6-5-20-40(41)42-22-8-12-28-49(42)59(52)50-29-13-9-23-43(50)44-24-10-14-30-51(44)59/h1-36H. The van der Waals surface area contributed by atoms with Crippen molar-refractivity contribution in [1.29, 1.82) is 0 Å². The fraction of sp³-hybridized carbons (Fsp3) is 0.0169. The highest BCUT2D eigenvalue weighted by molar-refractivity contribution is 6.12. The van der Waals surface area contributed by atoms with Crippen molar-refractivity contribution in [2.75, 3.05) is 0 Å². The van der Waals surface area contributed by atoms with Gasteiger partial charge in [-0.05, 0) is 91.0 Å². The number of fused-ring (bicyclic) bond motifs is 15. The zero-order valence-corrected chi connectivity index (χ0v) is 33.6. The topological polar surface area (TPSA) is 38.9 Å². The molecule has 0 aliphatic heterocycles. The fourth-order valence-electron chi connectivity index (χ4n) is 10.6. The van der Waals surface area contributed by atoms with E-state index in [1.165, 1.54) is 55.6 Å². The summed E-state index contributed by atoms with van der Waals surface area (Å²) in [6.07, 6.45) is 0. The van der Waals surface area contributed by atoms with Crippen molar-refractivity contribution in [2.24, 2.45) is 0 Å². The monoisotopic (exact) mass is 788 g/mol. The summed E-state index contributed by atoms with van der Waals surface area (Å²) in [5.74, 6) is 0.666. The van der Waals surface area contributed by atoms with E-state index in [2.05, 4.69) is 200 Å². The molecule has 0 N–H and O–H groups in total. The van der Waals surface area contributed by atoms with E-state index in [1.54, 1.807) is 0 Å². The van der Waals surface area contributed by atoms with Gasteiger partial charge in [-0.2, -0.15) is 0 Å². The van der Waals surface area contributed by atoms with Gasteiger partial charge in [-0.3, -0.25) is 0 Å². The largest absolute Gasteiger partial charge is 0.456 e. The highest BCUT2D eigenvalue weighted by Crippen LogP contribution is 2.61. The molecule has 1 spiro atoms. The van der Waals surface area contributed by atoms with Crippen LogP contribution >= 0.6 is 0 Å². The molecule has 0 saturated heterocycles. The molecule has 0 unspecified atom stereocenters.